The normalized spacial score (nSPS) is 11.3. The van der Waals surface area contributed by atoms with E-state index in [2.05, 4.69) is 5.32 Å². The van der Waals surface area contributed by atoms with Gasteiger partial charge in [0.25, 0.3) is 9.70 Å². The number of carbonyl (C=O) groups is 1. The van der Waals surface area contributed by atoms with Crippen molar-refractivity contribution < 1.29 is 9.90 Å². The third-order valence-electron chi connectivity index (χ3n) is 0.878. The molecule has 0 radical (unpaired) electrons. The van der Waals surface area contributed by atoms with Crippen molar-refractivity contribution in [3.8, 4) is 0 Å². The molecule has 0 unspecified atom stereocenters. The molecular weight excluding hydrogens is 212 g/mol. The van der Waals surface area contributed by atoms with E-state index in [1.54, 1.807) is 0 Å². The van der Waals surface area contributed by atoms with Crippen molar-refractivity contribution in [1.29, 1.82) is 0 Å². The molecule has 0 aliphatic heterocycles. The van der Waals surface area contributed by atoms with E-state index < -0.39 is 9.70 Å². The van der Waals surface area contributed by atoms with Gasteiger partial charge in [0.15, 0.2) is 0 Å². The van der Waals surface area contributed by atoms with Crippen LogP contribution in [0.25, 0.3) is 0 Å². The van der Waals surface area contributed by atoms with Crippen LogP contribution in [0.2, 0.25) is 0 Å². The van der Waals surface area contributed by atoms with Gasteiger partial charge in [-0.15, -0.1) is 0 Å². The van der Waals surface area contributed by atoms with Gasteiger partial charge in [-0.25, -0.2) is 0 Å². The van der Waals surface area contributed by atoms with E-state index in [0.717, 1.165) is 0 Å². The Hall–Kier alpha value is 0.300. The van der Waals surface area contributed by atoms with Gasteiger partial charge in [-0.2, -0.15) is 0 Å². The SMILES string of the molecule is O=C(NCCCO)C(Cl)(Cl)Cl. The van der Waals surface area contributed by atoms with Gasteiger partial charge in [0.1, 0.15) is 0 Å². The zero-order valence-corrected chi connectivity index (χ0v) is 7.88. The lowest BCUT2D eigenvalue weighted by molar-refractivity contribution is -0.120. The van der Waals surface area contributed by atoms with Crippen molar-refractivity contribution in [3.05, 3.63) is 0 Å². The highest BCUT2D eigenvalue weighted by Gasteiger charge is 2.29. The number of rotatable bonds is 3. The monoisotopic (exact) mass is 219 g/mol. The van der Waals surface area contributed by atoms with Crippen LogP contribution in [0, 0.1) is 0 Å². The fraction of sp³-hybridized carbons (Fsp3) is 0.800. The third-order valence-corrected chi connectivity index (χ3v) is 1.39. The summed E-state index contributed by atoms with van der Waals surface area (Å²) in [5.74, 6) is -0.670. The molecule has 0 rings (SSSR count). The second-order valence-electron chi connectivity index (χ2n) is 1.83. The fourth-order valence-corrected chi connectivity index (χ4v) is 0.582. The van der Waals surface area contributed by atoms with Crippen molar-refractivity contribution in [2.45, 2.75) is 10.2 Å². The molecule has 0 heterocycles. The van der Waals surface area contributed by atoms with Gasteiger partial charge in [-0.05, 0) is 6.42 Å². The van der Waals surface area contributed by atoms with E-state index in [1.165, 1.54) is 0 Å². The van der Waals surface area contributed by atoms with E-state index >= 15 is 0 Å². The second kappa shape index (κ2) is 5.04. The molecule has 3 nitrogen and oxygen atoms in total. The third kappa shape index (κ3) is 5.56. The number of hydrogen-bond donors (Lipinski definition) is 2. The molecule has 0 aliphatic rings. The molecule has 11 heavy (non-hydrogen) atoms. The Balaban J connectivity index is 3.54. The van der Waals surface area contributed by atoms with Gasteiger partial charge in [0, 0.05) is 13.2 Å². The van der Waals surface area contributed by atoms with E-state index in [4.69, 9.17) is 39.9 Å². The molecule has 0 aromatic rings. The summed E-state index contributed by atoms with van der Waals surface area (Å²) in [4.78, 5) is 10.8. The van der Waals surface area contributed by atoms with Crippen LogP contribution in [0.15, 0.2) is 0 Å². The summed E-state index contributed by atoms with van der Waals surface area (Å²) >= 11 is 15.7. The molecular formula is C5H8Cl3NO2. The molecule has 0 fully saturated rings. The van der Waals surface area contributed by atoms with Gasteiger partial charge >= 0.3 is 0 Å². The Morgan fingerprint density at radius 3 is 2.36 bits per heavy atom. The maximum atomic E-state index is 10.8. The lowest BCUT2D eigenvalue weighted by atomic mass is 10.4. The molecule has 6 heteroatoms. The van der Waals surface area contributed by atoms with Crippen molar-refractivity contribution >= 4 is 40.7 Å². The predicted octanol–water partition coefficient (Wildman–Crippen LogP) is 0.855. The van der Waals surface area contributed by atoms with Crippen LogP contribution in [0.5, 0.6) is 0 Å². The van der Waals surface area contributed by atoms with E-state index in [-0.39, 0.29) is 6.61 Å². The van der Waals surface area contributed by atoms with Gasteiger partial charge < -0.3 is 10.4 Å². The fourth-order valence-electron chi connectivity index (χ4n) is 0.381. The maximum Gasteiger partial charge on any atom is 0.272 e. The van der Waals surface area contributed by atoms with E-state index in [9.17, 15) is 4.79 Å². The molecule has 0 saturated heterocycles. The molecule has 66 valence electrons. The standard InChI is InChI=1S/C5H8Cl3NO2/c6-5(7,8)4(11)9-2-1-3-10/h10H,1-3H2,(H,9,11). The number of hydrogen-bond acceptors (Lipinski definition) is 2. The first kappa shape index (κ1) is 11.3. The summed E-state index contributed by atoms with van der Waals surface area (Å²) in [5.41, 5.74) is 0. The van der Waals surface area contributed by atoms with E-state index in [1.807, 2.05) is 0 Å². The Kier molecular flexibility index (Phi) is 5.17. The first-order valence-corrected chi connectivity index (χ1v) is 4.07. The molecule has 1 amide bonds. The minimum absolute atomic E-state index is 0.000136. The van der Waals surface area contributed by atoms with Crippen LogP contribution in [0.3, 0.4) is 0 Å². The van der Waals surface area contributed by atoms with E-state index in [0.29, 0.717) is 13.0 Å². The first-order chi connectivity index (χ1) is 4.98. The quantitative estimate of drug-likeness (QED) is 0.547. The Labute approximate surface area is 79.6 Å². The lowest BCUT2D eigenvalue weighted by Crippen LogP contribution is -2.35. The summed E-state index contributed by atoms with van der Waals surface area (Å²) < 4.78 is -1.91. The smallest absolute Gasteiger partial charge is 0.272 e. The van der Waals surface area contributed by atoms with Gasteiger partial charge in [-0.3, -0.25) is 4.79 Å². The summed E-state index contributed by atoms with van der Waals surface area (Å²) in [6.45, 7) is 0.309. The van der Waals surface area contributed by atoms with Gasteiger partial charge in [0.2, 0.25) is 0 Å². The number of nitrogens with one attached hydrogen (secondary N) is 1. The Morgan fingerprint density at radius 2 is 2.00 bits per heavy atom. The zero-order chi connectivity index (χ0) is 8.91. The minimum Gasteiger partial charge on any atom is -0.396 e. The average Bonchev–Trinajstić information content (AvgIpc) is 1.86. The molecule has 0 atom stereocenters. The molecule has 0 bridgehead atoms. The highest BCUT2D eigenvalue weighted by Crippen LogP contribution is 2.25. The van der Waals surface area contributed by atoms with Gasteiger partial charge in [-0.1, -0.05) is 34.8 Å². The molecule has 0 saturated carbocycles. The first-order valence-electron chi connectivity index (χ1n) is 2.94. The van der Waals surface area contributed by atoms with Crippen LogP contribution >= 0.6 is 34.8 Å². The van der Waals surface area contributed by atoms with Crippen molar-refractivity contribution in [1.82, 2.24) is 5.32 Å². The number of aliphatic hydroxyl groups excluding tert-OH is 1. The van der Waals surface area contributed by atoms with Crippen LogP contribution in [-0.2, 0) is 4.79 Å². The Bertz CT molecular complexity index is 134. The van der Waals surface area contributed by atoms with Crippen molar-refractivity contribution in [3.63, 3.8) is 0 Å². The van der Waals surface area contributed by atoms with Crippen molar-refractivity contribution in [2.75, 3.05) is 13.2 Å². The summed E-state index contributed by atoms with van der Waals surface area (Å²) in [5, 5.41) is 10.7. The largest absolute Gasteiger partial charge is 0.396 e. The molecule has 2 N–H and O–H groups in total. The van der Waals surface area contributed by atoms with Crippen LogP contribution in [-0.4, -0.2) is 28.0 Å². The second-order valence-corrected chi connectivity index (χ2v) is 4.11. The van der Waals surface area contributed by atoms with Crippen LogP contribution in [0.4, 0.5) is 0 Å². The number of aliphatic hydroxyl groups is 1. The zero-order valence-electron chi connectivity index (χ0n) is 5.61. The number of alkyl halides is 3. The topological polar surface area (TPSA) is 49.3 Å². The highest BCUT2D eigenvalue weighted by atomic mass is 35.6. The minimum atomic E-state index is -1.91. The number of amides is 1. The molecule has 0 aromatic carbocycles. The predicted molar refractivity (Wildman–Crippen MR) is 45.0 cm³/mol. The maximum absolute atomic E-state index is 10.8. The number of halogens is 3. The molecule has 0 spiro atoms. The lowest BCUT2D eigenvalue weighted by Gasteiger charge is -2.10. The number of carbonyl (C=O) groups excluding carboxylic acids is 1. The Morgan fingerprint density at radius 1 is 1.45 bits per heavy atom. The molecule has 0 aromatic heterocycles. The summed E-state index contributed by atoms with van der Waals surface area (Å²) in [7, 11) is 0. The van der Waals surface area contributed by atoms with Crippen LogP contribution < -0.4 is 5.32 Å². The summed E-state index contributed by atoms with van der Waals surface area (Å²) in [6.07, 6.45) is 0.451. The summed E-state index contributed by atoms with van der Waals surface area (Å²) in [6, 6.07) is 0. The highest BCUT2D eigenvalue weighted by molar-refractivity contribution is 6.76. The van der Waals surface area contributed by atoms with Gasteiger partial charge in [0.05, 0.1) is 0 Å². The molecule has 0 aliphatic carbocycles. The average molecular weight is 220 g/mol. The van der Waals surface area contributed by atoms with Crippen LogP contribution in [0.1, 0.15) is 6.42 Å². The van der Waals surface area contributed by atoms with Crippen molar-refractivity contribution in [2.24, 2.45) is 0 Å².